The number of benzene rings is 1. The number of ether oxygens (including phenoxy) is 1. The molecule has 0 bridgehead atoms. The summed E-state index contributed by atoms with van der Waals surface area (Å²) in [4.78, 5) is 31.7. The highest BCUT2D eigenvalue weighted by Gasteiger charge is 2.21. The van der Waals surface area contributed by atoms with E-state index in [1.807, 2.05) is 20.8 Å². The lowest BCUT2D eigenvalue weighted by Crippen LogP contribution is -2.13. The molecule has 0 aromatic heterocycles. The van der Waals surface area contributed by atoms with Gasteiger partial charge < -0.3 is 4.74 Å². The molecule has 0 aliphatic heterocycles. The number of nitrogens with zero attached hydrogens (tertiary/aromatic N) is 2. The number of nitro benzene ring substituents is 2. The minimum absolute atomic E-state index is 0.0328. The fourth-order valence-electron chi connectivity index (χ4n) is 1.46. The van der Waals surface area contributed by atoms with Crippen molar-refractivity contribution >= 4 is 17.3 Å². The molecule has 0 aliphatic rings. The van der Waals surface area contributed by atoms with Gasteiger partial charge in [0.2, 0.25) is 0 Å². The van der Waals surface area contributed by atoms with E-state index in [-0.39, 0.29) is 17.6 Å². The maximum atomic E-state index is 11.8. The number of nitro groups is 2. The van der Waals surface area contributed by atoms with Gasteiger partial charge in [0.05, 0.1) is 28.1 Å². The van der Waals surface area contributed by atoms with Crippen molar-refractivity contribution in [1.82, 2.24) is 0 Å². The molecule has 0 radical (unpaired) electrons. The van der Waals surface area contributed by atoms with Crippen LogP contribution in [0.4, 0.5) is 11.4 Å². The van der Waals surface area contributed by atoms with Gasteiger partial charge in [-0.05, 0) is 11.8 Å². The molecule has 21 heavy (non-hydrogen) atoms. The maximum Gasteiger partial charge on any atom is 0.338 e. The summed E-state index contributed by atoms with van der Waals surface area (Å²) in [6.45, 7) is 6.05. The summed E-state index contributed by atoms with van der Waals surface area (Å²) in [7, 11) is 0. The first kappa shape index (κ1) is 16.5. The molecular weight excluding hydrogens is 280 g/mol. The summed E-state index contributed by atoms with van der Waals surface area (Å²) >= 11 is 0. The van der Waals surface area contributed by atoms with Crippen LogP contribution in [0.15, 0.2) is 18.2 Å². The van der Waals surface area contributed by atoms with E-state index in [9.17, 15) is 25.0 Å². The molecule has 0 unspecified atom stereocenters. The molecule has 0 fully saturated rings. The van der Waals surface area contributed by atoms with Gasteiger partial charge in [0, 0.05) is 12.1 Å². The molecule has 0 saturated carbocycles. The van der Waals surface area contributed by atoms with Crippen LogP contribution in [0.3, 0.4) is 0 Å². The molecule has 114 valence electrons. The standard InChI is InChI=1S/C13H16N2O6/c1-13(2,3)4-5-21-12(16)9-6-10(14(17)18)8-11(7-9)15(19)20/h6-8H,4-5H2,1-3H3. The average Bonchev–Trinajstić information content (AvgIpc) is 2.36. The van der Waals surface area contributed by atoms with E-state index in [4.69, 9.17) is 4.74 Å². The number of carbonyl (C=O) groups is 1. The lowest BCUT2D eigenvalue weighted by atomic mass is 9.93. The van der Waals surface area contributed by atoms with Crippen LogP contribution < -0.4 is 0 Å². The van der Waals surface area contributed by atoms with Crippen LogP contribution in [0.2, 0.25) is 0 Å². The largest absolute Gasteiger partial charge is 0.462 e. The second-order valence-electron chi connectivity index (χ2n) is 5.70. The van der Waals surface area contributed by atoms with Gasteiger partial charge in [-0.2, -0.15) is 0 Å². The van der Waals surface area contributed by atoms with Gasteiger partial charge in [0.25, 0.3) is 11.4 Å². The fraction of sp³-hybridized carbons (Fsp3) is 0.462. The summed E-state index contributed by atoms with van der Waals surface area (Å²) in [6, 6.07) is 2.73. The third-order valence-corrected chi connectivity index (χ3v) is 2.65. The Morgan fingerprint density at radius 2 is 1.57 bits per heavy atom. The van der Waals surface area contributed by atoms with E-state index in [1.54, 1.807) is 0 Å². The molecular formula is C13H16N2O6. The summed E-state index contributed by atoms with van der Waals surface area (Å²) in [5.74, 6) is -0.814. The number of non-ortho nitro benzene ring substituents is 2. The summed E-state index contributed by atoms with van der Waals surface area (Å²) in [5.41, 5.74) is -1.28. The second kappa shape index (κ2) is 6.29. The topological polar surface area (TPSA) is 113 Å². The first-order valence-corrected chi connectivity index (χ1v) is 6.21. The van der Waals surface area contributed by atoms with E-state index in [0.717, 1.165) is 18.2 Å². The Morgan fingerprint density at radius 1 is 1.10 bits per heavy atom. The highest BCUT2D eigenvalue weighted by Crippen LogP contribution is 2.24. The Balaban J connectivity index is 2.93. The number of hydrogen-bond donors (Lipinski definition) is 0. The molecule has 1 aromatic rings. The van der Waals surface area contributed by atoms with Gasteiger partial charge in [-0.15, -0.1) is 0 Å². The first-order chi connectivity index (χ1) is 9.60. The number of hydrogen-bond acceptors (Lipinski definition) is 6. The van der Waals surface area contributed by atoms with Crippen molar-refractivity contribution < 1.29 is 19.4 Å². The summed E-state index contributed by atoms with van der Waals surface area (Å²) in [5, 5.41) is 21.5. The average molecular weight is 296 g/mol. The highest BCUT2D eigenvalue weighted by molar-refractivity contribution is 5.91. The predicted octanol–water partition coefficient (Wildman–Crippen LogP) is 3.10. The van der Waals surface area contributed by atoms with Crippen LogP contribution in [-0.2, 0) is 4.74 Å². The molecule has 0 heterocycles. The first-order valence-electron chi connectivity index (χ1n) is 6.21. The molecule has 0 aliphatic carbocycles. The molecule has 8 heteroatoms. The van der Waals surface area contributed by atoms with Crippen molar-refractivity contribution in [3.8, 4) is 0 Å². The van der Waals surface area contributed by atoms with Crippen molar-refractivity contribution in [3.05, 3.63) is 44.0 Å². The monoisotopic (exact) mass is 296 g/mol. The molecule has 8 nitrogen and oxygen atoms in total. The number of rotatable bonds is 5. The van der Waals surface area contributed by atoms with Crippen molar-refractivity contribution in [1.29, 1.82) is 0 Å². The van der Waals surface area contributed by atoms with Crippen LogP contribution in [-0.4, -0.2) is 22.4 Å². The normalized spacial score (nSPS) is 11.0. The van der Waals surface area contributed by atoms with Gasteiger partial charge in [-0.25, -0.2) is 4.79 Å². The quantitative estimate of drug-likeness (QED) is 0.468. The van der Waals surface area contributed by atoms with Gasteiger partial charge in [0.1, 0.15) is 0 Å². The lowest BCUT2D eigenvalue weighted by Gasteiger charge is -2.17. The zero-order chi connectivity index (χ0) is 16.2. The number of esters is 1. The second-order valence-corrected chi connectivity index (χ2v) is 5.70. The van der Waals surface area contributed by atoms with Crippen molar-refractivity contribution in [2.75, 3.05) is 6.61 Å². The molecule has 0 saturated heterocycles. The van der Waals surface area contributed by atoms with Gasteiger partial charge >= 0.3 is 5.97 Å². The SMILES string of the molecule is CC(C)(C)CCOC(=O)c1cc([N+](=O)[O-])cc([N+](=O)[O-])c1. The molecule has 1 aromatic carbocycles. The predicted molar refractivity (Wildman–Crippen MR) is 74.1 cm³/mol. The zero-order valence-electron chi connectivity index (χ0n) is 12.0. The lowest BCUT2D eigenvalue weighted by molar-refractivity contribution is -0.394. The fourth-order valence-corrected chi connectivity index (χ4v) is 1.46. The van der Waals surface area contributed by atoms with E-state index < -0.39 is 27.2 Å². The maximum absolute atomic E-state index is 11.8. The van der Waals surface area contributed by atoms with E-state index in [2.05, 4.69) is 0 Å². The van der Waals surface area contributed by atoms with Crippen LogP contribution in [0.1, 0.15) is 37.6 Å². The van der Waals surface area contributed by atoms with Crippen molar-refractivity contribution in [2.24, 2.45) is 5.41 Å². The number of carbonyl (C=O) groups excluding carboxylic acids is 1. The van der Waals surface area contributed by atoms with Gasteiger partial charge in [-0.3, -0.25) is 20.2 Å². The van der Waals surface area contributed by atoms with E-state index in [0.29, 0.717) is 6.42 Å². The molecule has 0 spiro atoms. The van der Waals surface area contributed by atoms with Gasteiger partial charge in [-0.1, -0.05) is 20.8 Å². The minimum atomic E-state index is -0.814. The van der Waals surface area contributed by atoms with Gasteiger partial charge in [0.15, 0.2) is 0 Å². The molecule has 0 amide bonds. The molecule has 0 atom stereocenters. The van der Waals surface area contributed by atoms with E-state index in [1.165, 1.54) is 0 Å². The Morgan fingerprint density at radius 3 is 1.95 bits per heavy atom. The molecule has 1 rings (SSSR count). The smallest absolute Gasteiger partial charge is 0.338 e. The Labute approximate surface area is 121 Å². The Kier molecular flexibility index (Phi) is 4.96. The molecule has 0 N–H and O–H groups in total. The summed E-state index contributed by atoms with van der Waals surface area (Å²) in [6.07, 6.45) is 0.607. The van der Waals surface area contributed by atoms with Crippen LogP contribution in [0.5, 0.6) is 0 Å². The van der Waals surface area contributed by atoms with Crippen LogP contribution in [0, 0.1) is 25.6 Å². The third kappa shape index (κ3) is 5.17. The highest BCUT2D eigenvalue weighted by atomic mass is 16.6. The third-order valence-electron chi connectivity index (χ3n) is 2.65. The van der Waals surface area contributed by atoms with Crippen molar-refractivity contribution in [3.63, 3.8) is 0 Å². The van der Waals surface area contributed by atoms with E-state index >= 15 is 0 Å². The zero-order valence-corrected chi connectivity index (χ0v) is 12.0. The van der Waals surface area contributed by atoms with Crippen molar-refractivity contribution in [2.45, 2.75) is 27.2 Å². The van der Waals surface area contributed by atoms with Crippen LogP contribution >= 0.6 is 0 Å². The summed E-state index contributed by atoms with van der Waals surface area (Å²) < 4.78 is 4.99. The Hall–Kier alpha value is -2.51. The van der Waals surface area contributed by atoms with Crippen LogP contribution in [0.25, 0.3) is 0 Å². The Bertz CT molecular complexity index is 544. The minimum Gasteiger partial charge on any atom is -0.462 e.